The van der Waals surface area contributed by atoms with Crippen molar-refractivity contribution in [2.45, 2.75) is 6.54 Å². The highest BCUT2D eigenvalue weighted by molar-refractivity contribution is 7.07. The molecule has 0 spiro atoms. The lowest BCUT2D eigenvalue weighted by Crippen LogP contribution is -2.18. The summed E-state index contributed by atoms with van der Waals surface area (Å²) in [6, 6.07) is 5.51. The number of esters is 1. The van der Waals surface area contributed by atoms with Gasteiger partial charge in [0.2, 0.25) is 5.88 Å². The highest BCUT2D eigenvalue weighted by Gasteiger charge is 2.16. The first-order valence-electron chi connectivity index (χ1n) is 6.01. The molecule has 0 radical (unpaired) electrons. The van der Waals surface area contributed by atoms with Gasteiger partial charge in [0.15, 0.2) is 0 Å². The molecule has 0 fully saturated rings. The van der Waals surface area contributed by atoms with E-state index in [0.29, 0.717) is 5.56 Å². The average molecular weight is 292 g/mol. The summed E-state index contributed by atoms with van der Waals surface area (Å²) >= 11 is 1.66. The summed E-state index contributed by atoms with van der Waals surface area (Å²) in [5, 5.41) is 4.13. The number of nitrogens with zero attached hydrogens (tertiary/aromatic N) is 2. The summed E-state index contributed by atoms with van der Waals surface area (Å²) in [6.07, 6.45) is 0. The molecule has 0 saturated heterocycles. The Morgan fingerprint density at radius 2 is 2.15 bits per heavy atom. The van der Waals surface area contributed by atoms with E-state index in [1.165, 1.54) is 19.8 Å². The van der Waals surface area contributed by atoms with E-state index in [4.69, 9.17) is 9.47 Å². The van der Waals surface area contributed by atoms with Crippen LogP contribution in [0.1, 0.15) is 15.9 Å². The van der Waals surface area contributed by atoms with E-state index < -0.39 is 5.97 Å². The topological polar surface area (TPSA) is 51.7 Å². The molecule has 0 aromatic carbocycles. The Hall–Kier alpha value is -2.08. The summed E-state index contributed by atoms with van der Waals surface area (Å²) in [5.41, 5.74) is 1.54. The molecule has 0 aliphatic rings. The van der Waals surface area contributed by atoms with Crippen molar-refractivity contribution in [1.29, 1.82) is 0 Å². The molecular weight excluding hydrogens is 276 g/mol. The SMILES string of the molecule is COC(=O)c1ccc(N(C)Cc2ccsc2)nc1OC. The number of hydrogen-bond donors (Lipinski definition) is 0. The van der Waals surface area contributed by atoms with Gasteiger partial charge in [0, 0.05) is 13.6 Å². The van der Waals surface area contributed by atoms with Crippen LogP contribution in [0.2, 0.25) is 0 Å². The fourth-order valence-corrected chi connectivity index (χ4v) is 2.46. The van der Waals surface area contributed by atoms with Crippen LogP contribution in [0.4, 0.5) is 5.82 Å². The predicted octanol–water partition coefficient (Wildman–Crippen LogP) is 2.57. The van der Waals surface area contributed by atoms with Gasteiger partial charge in [-0.3, -0.25) is 0 Å². The molecule has 0 N–H and O–H groups in total. The Morgan fingerprint density at radius 1 is 1.35 bits per heavy atom. The number of anilines is 1. The molecule has 2 rings (SSSR count). The van der Waals surface area contributed by atoms with Gasteiger partial charge in [-0.2, -0.15) is 16.3 Å². The number of pyridine rings is 1. The quantitative estimate of drug-likeness (QED) is 0.793. The summed E-state index contributed by atoms with van der Waals surface area (Å²) in [5.74, 6) is 0.550. The van der Waals surface area contributed by atoms with Crippen molar-refractivity contribution in [2.24, 2.45) is 0 Å². The summed E-state index contributed by atoms with van der Waals surface area (Å²) < 4.78 is 9.85. The molecule has 106 valence electrons. The van der Waals surface area contributed by atoms with Gasteiger partial charge < -0.3 is 14.4 Å². The second kappa shape index (κ2) is 6.38. The highest BCUT2D eigenvalue weighted by Crippen LogP contribution is 2.22. The molecule has 20 heavy (non-hydrogen) atoms. The minimum atomic E-state index is -0.457. The van der Waals surface area contributed by atoms with Crippen LogP contribution in [-0.4, -0.2) is 32.2 Å². The van der Waals surface area contributed by atoms with Crippen LogP contribution in [0.15, 0.2) is 29.0 Å². The van der Waals surface area contributed by atoms with Gasteiger partial charge in [0.05, 0.1) is 14.2 Å². The zero-order valence-electron chi connectivity index (χ0n) is 11.6. The number of thiophene rings is 1. The minimum Gasteiger partial charge on any atom is -0.480 e. The van der Waals surface area contributed by atoms with Crippen LogP contribution in [0.25, 0.3) is 0 Å². The number of carbonyl (C=O) groups is 1. The van der Waals surface area contributed by atoms with E-state index in [9.17, 15) is 4.79 Å². The van der Waals surface area contributed by atoms with Crippen molar-refractivity contribution in [3.8, 4) is 5.88 Å². The van der Waals surface area contributed by atoms with Gasteiger partial charge in [0.25, 0.3) is 0 Å². The van der Waals surface area contributed by atoms with E-state index in [-0.39, 0.29) is 5.88 Å². The number of methoxy groups -OCH3 is 2. The smallest absolute Gasteiger partial charge is 0.343 e. The van der Waals surface area contributed by atoms with Gasteiger partial charge in [-0.25, -0.2) is 4.79 Å². The van der Waals surface area contributed by atoms with Crippen LogP contribution < -0.4 is 9.64 Å². The molecular formula is C14H16N2O3S. The molecule has 0 atom stereocenters. The Balaban J connectivity index is 2.22. The first-order chi connectivity index (χ1) is 9.65. The second-order valence-electron chi connectivity index (χ2n) is 4.21. The maximum Gasteiger partial charge on any atom is 0.343 e. The zero-order valence-corrected chi connectivity index (χ0v) is 12.4. The number of aromatic nitrogens is 1. The number of rotatable bonds is 5. The number of hydrogen-bond acceptors (Lipinski definition) is 6. The van der Waals surface area contributed by atoms with Gasteiger partial charge >= 0.3 is 5.97 Å². The van der Waals surface area contributed by atoms with E-state index in [2.05, 4.69) is 16.4 Å². The van der Waals surface area contributed by atoms with Crippen LogP contribution in [-0.2, 0) is 11.3 Å². The molecule has 5 nitrogen and oxygen atoms in total. The van der Waals surface area contributed by atoms with Crippen molar-refractivity contribution in [3.05, 3.63) is 40.1 Å². The van der Waals surface area contributed by atoms with E-state index in [1.807, 2.05) is 17.3 Å². The number of ether oxygens (including phenoxy) is 2. The van der Waals surface area contributed by atoms with Gasteiger partial charge in [-0.15, -0.1) is 0 Å². The molecule has 0 amide bonds. The fraction of sp³-hybridized carbons (Fsp3) is 0.286. The molecule has 6 heteroatoms. The largest absolute Gasteiger partial charge is 0.480 e. The third-order valence-corrected chi connectivity index (χ3v) is 3.57. The Kier molecular flexibility index (Phi) is 4.57. The lowest BCUT2D eigenvalue weighted by atomic mass is 10.2. The lowest BCUT2D eigenvalue weighted by Gasteiger charge is -2.18. The zero-order chi connectivity index (χ0) is 14.5. The first kappa shape index (κ1) is 14.3. The molecule has 0 bridgehead atoms. The van der Waals surface area contributed by atoms with Crippen LogP contribution in [0, 0.1) is 0 Å². The van der Waals surface area contributed by atoms with Gasteiger partial charge in [-0.05, 0) is 34.5 Å². The molecule has 2 aromatic rings. The Bertz CT molecular complexity index is 584. The van der Waals surface area contributed by atoms with Crippen molar-refractivity contribution < 1.29 is 14.3 Å². The third-order valence-electron chi connectivity index (χ3n) is 2.84. The molecule has 0 aliphatic heterocycles. The maximum absolute atomic E-state index is 11.6. The normalized spacial score (nSPS) is 10.2. The minimum absolute atomic E-state index is 0.270. The second-order valence-corrected chi connectivity index (χ2v) is 4.99. The standard InChI is InChI=1S/C14H16N2O3S/c1-16(8-10-6-7-20-9-10)12-5-4-11(14(17)19-3)13(15-12)18-2/h4-7,9H,8H2,1-3H3. The van der Waals surface area contributed by atoms with Crippen molar-refractivity contribution >= 4 is 23.1 Å². The molecule has 0 saturated carbocycles. The summed E-state index contributed by atoms with van der Waals surface area (Å²) in [6.45, 7) is 0.747. The first-order valence-corrected chi connectivity index (χ1v) is 6.95. The summed E-state index contributed by atoms with van der Waals surface area (Å²) in [4.78, 5) is 17.9. The Labute approximate surface area is 121 Å². The fourth-order valence-electron chi connectivity index (χ4n) is 1.80. The van der Waals surface area contributed by atoms with E-state index in [1.54, 1.807) is 23.5 Å². The van der Waals surface area contributed by atoms with E-state index >= 15 is 0 Å². The van der Waals surface area contributed by atoms with Crippen LogP contribution >= 0.6 is 11.3 Å². The van der Waals surface area contributed by atoms with Gasteiger partial charge in [-0.1, -0.05) is 0 Å². The van der Waals surface area contributed by atoms with Crippen molar-refractivity contribution in [2.75, 3.05) is 26.2 Å². The van der Waals surface area contributed by atoms with Crippen LogP contribution in [0.5, 0.6) is 5.88 Å². The molecule has 0 aliphatic carbocycles. The summed E-state index contributed by atoms with van der Waals surface area (Å²) in [7, 11) is 4.76. The monoisotopic (exact) mass is 292 g/mol. The molecule has 2 aromatic heterocycles. The Morgan fingerprint density at radius 3 is 2.75 bits per heavy atom. The van der Waals surface area contributed by atoms with Crippen LogP contribution in [0.3, 0.4) is 0 Å². The number of carbonyl (C=O) groups excluding carboxylic acids is 1. The highest BCUT2D eigenvalue weighted by atomic mass is 32.1. The lowest BCUT2D eigenvalue weighted by molar-refractivity contribution is 0.0596. The average Bonchev–Trinajstić information content (AvgIpc) is 2.98. The van der Waals surface area contributed by atoms with E-state index in [0.717, 1.165) is 12.4 Å². The molecule has 0 unspecified atom stereocenters. The predicted molar refractivity (Wildman–Crippen MR) is 78.6 cm³/mol. The van der Waals surface area contributed by atoms with Crippen molar-refractivity contribution in [1.82, 2.24) is 4.98 Å². The van der Waals surface area contributed by atoms with Gasteiger partial charge in [0.1, 0.15) is 11.4 Å². The van der Waals surface area contributed by atoms with Crippen molar-refractivity contribution in [3.63, 3.8) is 0 Å². The third kappa shape index (κ3) is 3.08. The molecule has 2 heterocycles. The maximum atomic E-state index is 11.6.